The van der Waals surface area contributed by atoms with Crippen LogP contribution in [0.25, 0.3) is 22.9 Å². The SMILES string of the molecule is CC(=O)c1ccc(Cn2nc(C(N)=O)c(-c3nc(C(=O)O)c(-c4cccc(F)c4)o3)n2)s1. The predicted molar refractivity (Wildman–Crippen MR) is 110 cm³/mol. The van der Waals surface area contributed by atoms with Gasteiger partial charge in [-0.3, -0.25) is 9.59 Å². The minimum Gasteiger partial charge on any atom is -0.476 e. The molecule has 3 heterocycles. The van der Waals surface area contributed by atoms with Crippen LogP contribution in [0.2, 0.25) is 0 Å². The molecule has 3 aromatic heterocycles. The highest BCUT2D eigenvalue weighted by Crippen LogP contribution is 2.31. The molecule has 4 rings (SSSR count). The molecule has 0 unspecified atom stereocenters. The average Bonchev–Trinajstić information content (AvgIpc) is 3.46. The van der Waals surface area contributed by atoms with Gasteiger partial charge in [-0.1, -0.05) is 12.1 Å². The van der Waals surface area contributed by atoms with E-state index in [9.17, 15) is 23.9 Å². The molecule has 1 amide bonds. The molecule has 3 N–H and O–H groups in total. The first-order valence-corrected chi connectivity index (χ1v) is 9.89. The van der Waals surface area contributed by atoms with Crippen molar-refractivity contribution in [1.29, 1.82) is 0 Å². The van der Waals surface area contributed by atoms with Crippen LogP contribution in [-0.4, -0.2) is 42.7 Å². The second-order valence-electron chi connectivity index (χ2n) is 6.63. The summed E-state index contributed by atoms with van der Waals surface area (Å²) in [6.45, 7) is 1.57. The second kappa shape index (κ2) is 8.15. The standard InChI is InChI=1S/C20H14FN5O5S/c1-9(27)13-6-5-12(32-13)8-26-24-14(18(22)28)15(25-26)19-23-16(20(29)30)17(31-19)10-3-2-4-11(21)7-10/h2-7H,8H2,1H3,(H2,22,28)(H,29,30). The number of thiophene rings is 1. The molecule has 162 valence electrons. The number of benzene rings is 1. The smallest absolute Gasteiger partial charge is 0.358 e. The lowest BCUT2D eigenvalue weighted by atomic mass is 10.1. The molecule has 0 bridgehead atoms. The van der Waals surface area contributed by atoms with Crippen molar-refractivity contribution in [2.75, 3.05) is 0 Å². The minimum atomic E-state index is -1.41. The van der Waals surface area contributed by atoms with Gasteiger partial charge >= 0.3 is 5.97 Å². The van der Waals surface area contributed by atoms with Gasteiger partial charge in [-0.15, -0.1) is 21.5 Å². The first kappa shape index (κ1) is 21.1. The number of hydrogen-bond acceptors (Lipinski definition) is 8. The zero-order valence-corrected chi connectivity index (χ0v) is 17.2. The van der Waals surface area contributed by atoms with Gasteiger partial charge in [0.15, 0.2) is 28.6 Å². The van der Waals surface area contributed by atoms with Gasteiger partial charge in [-0.25, -0.2) is 9.18 Å². The Balaban J connectivity index is 1.77. The number of nitrogens with two attached hydrogens (primary N) is 1. The van der Waals surface area contributed by atoms with Gasteiger partial charge in [0.25, 0.3) is 11.8 Å². The number of oxazole rings is 1. The van der Waals surface area contributed by atoms with E-state index in [-0.39, 0.29) is 40.9 Å². The van der Waals surface area contributed by atoms with Gasteiger partial charge in [0.05, 0.1) is 11.4 Å². The Labute approximate surface area is 183 Å². The van der Waals surface area contributed by atoms with E-state index in [1.54, 1.807) is 12.1 Å². The molecule has 0 aliphatic heterocycles. The monoisotopic (exact) mass is 455 g/mol. The van der Waals surface area contributed by atoms with Crippen LogP contribution in [-0.2, 0) is 6.54 Å². The molecule has 12 heteroatoms. The summed E-state index contributed by atoms with van der Waals surface area (Å²) in [5, 5.41) is 17.7. The quantitative estimate of drug-likeness (QED) is 0.403. The molecule has 0 atom stereocenters. The van der Waals surface area contributed by atoms with E-state index in [4.69, 9.17) is 10.2 Å². The van der Waals surface area contributed by atoms with Crippen molar-refractivity contribution in [2.45, 2.75) is 13.5 Å². The minimum absolute atomic E-state index is 0.0842. The third kappa shape index (κ3) is 4.03. The molecule has 10 nitrogen and oxygen atoms in total. The number of carboxylic acid groups (broad SMARTS) is 1. The number of primary amides is 1. The van der Waals surface area contributed by atoms with Gasteiger partial charge in [0.2, 0.25) is 0 Å². The van der Waals surface area contributed by atoms with E-state index >= 15 is 0 Å². The van der Waals surface area contributed by atoms with Crippen molar-refractivity contribution >= 4 is 29.0 Å². The summed E-state index contributed by atoms with van der Waals surface area (Å²) < 4.78 is 19.2. The number of aromatic carboxylic acids is 1. The van der Waals surface area contributed by atoms with Crippen LogP contribution in [0.4, 0.5) is 4.39 Å². The summed E-state index contributed by atoms with van der Waals surface area (Å²) in [6, 6.07) is 8.52. The Morgan fingerprint density at radius 2 is 1.97 bits per heavy atom. The van der Waals surface area contributed by atoms with Gasteiger partial charge in [0.1, 0.15) is 5.82 Å². The summed E-state index contributed by atoms with van der Waals surface area (Å²) in [4.78, 5) is 41.5. The summed E-state index contributed by atoms with van der Waals surface area (Å²) in [7, 11) is 0. The number of ketones is 1. The number of hydrogen-bond donors (Lipinski definition) is 2. The average molecular weight is 455 g/mol. The van der Waals surface area contributed by atoms with Gasteiger partial charge in [-0.05, 0) is 31.2 Å². The lowest BCUT2D eigenvalue weighted by Gasteiger charge is -1.98. The highest BCUT2D eigenvalue weighted by molar-refractivity contribution is 7.14. The Kier molecular flexibility index (Phi) is 5.36. The van der Waals surface area contributed by atoms with E-state index in [2.05, 4.69) is 15.2 Å². The van der Waals surface area contributed by atoms with Gasteiger partial charge < -0.3 is 15.3 Å². The second-order valence-corrected chi connectivity index (χ2v) is 7.79. The fourth-order valence-electron chi connectivity index (χ4n) is 2.91. The van der Waals surface area contributed by atoms with Crippen LogP contribution in [0, 0.1) is 5.82 Å². The molecule has 0 fully saturated rings. The van der Waals surface area contributed by atoms with Crippen molar-refractivity contribution in [3.63, 3.8) is 0 Å². The van der Waals surface area contributed by atoms with Gasteiger partial charge in [0, 0.05) is 10.4 Å². The highest BCUT2D eigenvalue weighted by Gasteiger charge is 2.27. The molecule has 0 spiro atoms. The van der Waals surface area contributed by atoms with Gasteiger partial charge in [-0.2, -0.15) is 9.78 Å². The molecular weight excluding hydrogens is 441 g/mol. The predicted octanol–water partition coefficient (Wildman–Crippen LogP) is 2.85. The first-order valence-electron chi connectivity index (χ1n) is 9.08. The van der Waals surface area contributed by atoms with Crippen LogP contribution in [0.5, 0.6) is 0 Å². The first-order chi connectivity index (χ1) is 15.2. The lowest BCUT2D eigenvalue weighted by molar-refractivity contribution is 0.0691. The Hall–Kier alpha value is -4.19. The maximum atomic E-state index is 13.6. The van der Waals surface area contributed by atoms with Crippen molar-refractivity contribution in [3.8, 4) is 22.9 Å². The molecular formula is C20H14FN5O5S. The number of Topliss-reactive ketones (excluding diaryl/α,β-unsaturated/α-hetero) is 1. The maximum Gasteiger partial charge on any atom is 0.358 e. The third-order valence-electron chi connectivity index (χ3n) is 4.31. The number of carbonyl (C=O) groups excluding carboxylic acids is 2. The lowest BCUT2D eigenvalue weighted by Crippen LogP contribution is -2.13. The van der Waals surface area contributed by atoms with Crippen molar-refractivity contribution < 1.29 is 28.3 Å². The third-order valence-corrected chi connectivity index (χ3v) is 5.48. The Morgan fingerprint density at radius 3 is 2.59 bits per heavy atom. The molecule has 1 aromatic carbocycles. The number of amides is 1. The van der Waals surface area contributed by atoms with Crippen molar-refractivity contribution in [3.05, 3.63) is 63.4 Å². The fourth-order valence-corrected chi connectivity index (χ4v) is 3.79. The summed E-state index contributed by atoms with van der Waals surface area (Å²) in [5.74, 6) is -3.54. The van der Waals surface area contributed by atoms with Crippen LogP contribution >= 0.6 is 11.3 Å². The number of carboxylic acids is 1. The van der Waals surface area contributed by atoms with E-state index in [1.807, 2.05) is 0 Å². The van der Waals surface area contributed by atoms with E-state index < -0.39 is 23.4 Å². The molecule has 0 radical (unpaired) electrons. The molecule has 0 saturated heterocycles. The van der Waals surface area contributed by atoms with E-state index in [0.29, 0.717) is 4.88 Å². The summed E-state index contributed by atoms with van der Waals surface area (Å²) >= 11 is 1.25. The number of rotatable bonds is 7. The number of aromatic nitrogens is 4. The summed E-state index contributed by atoms with van der Waals surface area (Å²) in [5.41, 5.74) is 4.62. The molecule has 32 heavy (non-hydrogen) atoms. The maximum absolute atomic E-state index is 13.6. The van der Waals surface area contributed by atoms with Crippen molar-refractivity contribution in [1.82, 2.24) is 20.0 Å². The Morgan fingerprint density at radius 1 is 1.19 bits per heavy atom. The van der Waals surface area contributed by atoms with Crippen LogP contribution in [0.1, 0.15) is 42.4 Å². The topological polar surface area (TPSA) is 154 Å². The number of halogens is 1. The normalized spacial score (nSPS) is 10.9. The zero-order chi connectivity index (χ0) is 23.0. The van der Waals surface area contributed by atoms with Crippen molar-refractivity contribution in [2.24, 2.45) is 5.73 Å². The van der Waals surface area contributed by atoms with Crippen LogP contribution in [0.3, 0.4) is 0 Å². The molecule has 4 aromatic rings. The molecule has 0 aliphatic rings. The number of nitrogens with zero attached hydrogens (tertiary/aromatic N) is 4. The largest absolute Gasteiger partial charge is 0.476 e. The van der Waals surface area contributed by atoms with Crippen LogP contribution < -0.4 is 5.73 Å². The highest BCUT2D eigenvalue weighted by atomic mass is 32.1. The summed E-state index contributed by atoms with van der Waals surface area (Å²) in [6.07, 6.45) is 0. The fraction of sp³-hybridized carbons (Fsp3) is 0.100. The molecule has 0 aliphatic carbocycles. The van der Waals surface area contributed by atoms with Crippen LogP contribution in [0.15, 0.2) is 40.8 Å². The van der Waals surface area contributed by atoms with E-state index in [1.165, 1.54) is 36.5 Å². The number of carbonyl (C=O) groups is 3. The molecule has 0 saturated carbocycles. The van der Waals surface area contributed by atoms with E-state index in [0.717, 1.165) is 15.7 Å². The Bertz CT molecular complexity index is 1370. The zero-order valence-electron chi connectivity index (χ0n) is 16.4.